The van der Waals surface area contributed by atoms with E-state index in [9.17, 15) is 4.79 Å². The van der Waals surface area contributed by atoms with Crippen molar-refractivity contribution >= 4 is 35.3 Å². The number of fused-ring (bicyclic) bond motifs is 1. The first-order valence-corrected chi connectivity index (χ1v) is 9.60. The average Bonchev–Trinajstić information content (AvgIpc) is 3.19. The zero-order valence-corrected chi connectivity index (χ0v) is 16.7. The molecule has 0 saturated heterocycles. The number of nitrogens with zero attached hydrogens (tertiary/aromatic N) is 1. The Kier molecular flexibility index (Phi) is 5.74. The molecule has 0 spiro atoms. The minimum absolute atomic E-state index is 0.167. The van der Waals surface area contributed by atoms with Crippen LogP contribution in [0.1, 0.15) is 11.3 Å². The van der Waals surface area contributed by atoms with Crippen LogP contribution < -0.4 is 14.9 Å². The Morgan fingerprint density at radius 3 is 2.66 bits per heavy atom. The van der Waals surface area contributed by atoms with Gasteiger partial charge in [-0.15, -0.1) is 0 Å². The van der Waals surface area contributed by atoms with Crippen LogP contribution in [0.2, 0.25) is 10.0 Å². The Bertz CT molecular complexity index is 1080. The van der Waals surface area contributed by atoms with Gasteiger partial charge in [0.1, 0.15) is 24.7 Å². The third-order valence-corrected chi connectivity index (χ3v) is 4.92. The largest absolute Gasteiger partial charge is 0.486 e. The average molecular weight is 431 g/mol. The monoisotopic (exact) mass is 430 g/mol. The maximum Gasteiger partial charge on any atom is 0.244 e. The number of ether oxygens (including phenoxy) is 2. The molecule has 0 unspecified atom stereocenters. The van der Waals surface area contributed by atoms with Gasteiger partial charge in [-0.25, -0.2) is 5.43 Å². The molecule has 3 aromatic rings. The first-order chi connectivity index (χ1) is 14.1. The number of nitrogens with one attached hydrogen (secondary N) is 1. The van der Waals surface area contributed by atoms with Crippen LogP contribution in [-0.4, -0.2) is 25.3 Å². The minimum atomic E-state index is -0.255. The van der Waals surface area contributed by atoms with E-state index in [1.54, 1.807) is 36.4 Å². The fraction of sp³-hybridized carbons (Fsp3) is 0.143. The summed E-state index contributed by atoms with van der Waals surface area (Å²) in [7, 11) is 0. The number of halogens is 2. The molecule has 29 heavy (non-hydrogen) atoms. The summed E-state index contributed by atoms with van der Waals surface area (Å²) < 4.78 is 16.7. The molecule has 1 aromatic heterocycles. The molecule has 6 nitrogen and oxygen atoms in total. The Labute approximate surface area is 177 Å². The number of carbonyl (C=O) groups is 1. The Morgan fingerprint density at radius 1 is 1.00 bits per heavy atom. The maximum atomic E-state index is 12.1. The van der Waals surface area contributed by atoms with Crippen molar-refractivity contribution < 1.29 is 18.7 Å². The second-order valence-corrected chi connectivity index (χ2v) is 7.09. The third kappa shape index (κ3) is 4.72. The van der Waals surface area contributed by atoms with E-state index in [0.29, 0.717) is 46.3 Å². The summed E-state index contributed by atoms with van der Waals surface area (Å²) in [5.41, 5.74) is 4.09. The van der Waals surface area contributed by atoms with Gasteiger partial charge in [0, 0.05) is 5.56 Å². The van der Waals surface area contributed by atoms with Crippen molar-refractivity contribution in [2.24, 2.45) is 5.10 Å². The van der Waals surface area contributed by atoms with Gasteiger partial charge in [0.05, 0.1) is 22.7 Å². The van der Waals surface area contributed by atoms with Crippen LogP contribution in [-0.2, 0) is 11.2 Å². The summed E-state index contributed by atoms with van der Waals surface area (Å²) in [6.45, 7) is 1.03. The minimum Gasteiger partial charge on any atom is -0.486 e. The van der Waals surface area contributed by atoms with E-state index in [0.717, 1.165) is 11.1 Å². The van der Waals surface area contributed by atoms with Crippen molar-refractivity contribution in [1.29, 1.82) is 0 Å². The zero-order chi connectivity index (χ0) is 20.2. The highest BCUT2D eigenvalue weighted by molar-refractivity contribution is 6.42. The fourth-order valence-corrected chi connectivity index (χ4v) is 3.12. The van der Waals surface area contributed by atoms with Gasteiger partial charge in [0.2, 0.25) is 5.91 Å². The van der Waals surface area contributed by atoms with Gasteiger partial charge in [-0.05, 0) is 48.0 Å². The van der Waals surface area contributed by atoms with Crippen LogP contribution in [0.25, 0.3) is 11.3 Å². The SMILES string of the molecule is O=C(Cc1ccc2c(c1)OCCO2)N/N=C\c1ccc(-c2ccc(Cl)c(Cl)c2)o1. The van der Waals surface area contributed by atoms with E-state index in [2.05, 4.69) is 10.5 Å². The van der Waals surface area contributed by atoms with Crippen LogP contribution in [0, 0.1) is 0 Å². The van der Waals surface area contributed by atoms with Crippen molar-refractivity contribution in [3.05, 3.63) is 69.9 Å². The van der Waals surface area contributed by atoms with Gasteiger partial charge in [-0.2, -0.15) is 5.10 Å². The van der Waals surface area contributed by atoms with Crippen molar-refractivity contribution in [2.75, 3.05) is 13.2 Å². The first kappa shape index (κ1) is 19.4. The quantitative estimate of drug-likeness (QED) is 0.469. The Hall–Kier alpha value is -2.96. The number of amides is 1. The predicted molar refractivity (Wildman–Crippen MR) is 111 cm³/mol. The van der Waals surface area contributed by atoms with Crippen molar-refractivity contribution in [2.45, 2.75) is 6.42 Å². The molecule has 0 bridgehead atoms. The van der Waals surface area contributed by atoms with E-state index < -0.39 is 0 Å². The zero-order valence-electron chi connectivity index (χ0n) is 15.2. The number of hydrogen-bond acceptors (Lipinski definition) is 5. The van der Waals surface area contributed by atoms with Gasteiger partial charge in [-0.1, -0.05) is 29.3 Å². The van der Waals surface area contributed by atoms with E-state index >= 15 is 0 Å². The normalized spacial score (nSPS) is 12.9. The smallest absolute Gasteiger partial charge is 0.244 e. The van der Waals surface area contributed by atoms with Crippen LogP contribution in [0.4, 0.5) is 0 Å². The van der Waals surface area contributed by atoms with Gasteiger partial charge in [0.25, 0.3) is 0 Å². The van der Waals surface area contributed by atoms with Crippen LogP contribution in [0.5, 0.6) is 11.5 Å². The maximum absolute atomic E-state index is 12.1. The lowest BCUT2D eigenvalue weighted by molar-refractivity contribution is -0.120. The number of furan rings is 1. The lowest BCUT2D eigenvalue weighted by Crippen LogP contribution is -2.20. The molecule has 0 aliphatic carbocycles. The summed E-state index contributed by atoms with van der Waals surface area (Å²) in [5, 5.41) is 4.87. The summed E-state index contributed by atoms with van der Waals surface area (Å²) in [4.78, 5) is 12.1. The number of carbonyl (C=O) groups excluding carboxylic acids is 1. The summed E-state index contributed by atoms with van der Waals surface area (Å²) in [6, 6.07) is 14.2. The van der Waals surface area contributed by atoms with Gasteiger partial charge >= 0.3 is 0 Å². The molecule has 4 rings (SSSR count). The molecule has 0 radical (unpaired) electrons. The fourth-order valence-electron chi connectivity index (χ4n) is 2.82. The highest BCUT2D eigenvalue weighted by Crippen LogP contribution is 2.31. The summed E-state index contributed by atoms with van der Waals surface area (Å²) in [5.74, 6) is 2.19. The molecule has 1 amide bonds. The second-order valence-electron chi connectivity index (χ2n) is 6.28. The lowest BCUT2D eigenvalue weighted by Gasteiger charge is -2.18. The molecule has 2 aromatic carbocycles. The lowest BCUT2D eigenvalue weighted by atomic mass is 10.1. The van der Waals surface area contributed by atoms with Crippen LogP contribution >= 0.6 is 23.2 Å². The van der Waals surface area contributed by atoms with Crippen molar-refractivity contribution in [3.8, 4) is 22.8 Å². The third-order valence-electron chi connectivity index (χ3n) is 4.18. The highest BCUT2D eigenvalue weighted by atomic mass is 35.5. The standard InChI is InChI=1S/C21H16Cl2N2O4/c22-16-4-2-14(11-17(16)23)18-6-3-15(29-18)12-24-25-21(26)10-13-1-5-19-20(9-13)28-8-7-27-19/h1-6,9,11-12H,7-8,10H2,(H,25,26)/b24-12-. The number of hydrazone groups is 1. The van der Waals surface area contributed by atoms with Crippen molar-refractivity contribution in [3.63, 3.8) is 0 Å². The van der Waals surface area contributed by atoms with Crippen LogP contribution in [0.15, 0.2) is 58.0 Å². The molecular weight excluding hydrogens is 415 g/mol. The summed E-state index contributed by atoms with van der Waals surface area (Å²) >= 11 is 12.0. The molecule has 0 saturated carbocycles. The Morgan fingerprint density at radius 2 is 1.83 bits per heavy atom. The molecule has 148 valence electrons. The predicted octanol–water partition coefficient (Wildman–Crippen LogP) is 4.72. The topological polar surface area (TPSA) is 73.1 Å². The van der Waals surface area contributed by atoms with E-state index in [1.807, 2.05) is 12.1 Å². The second kappa shape index (κ2) is 8.59. The number of hydrogen-bond donors (Lipinski definition) is 1. The molecule has 2 heterocycles. The van der Waals surface area contributed by atoms with Crippen molar-refractivity contribution in [1.82, 2.24) is 5.43 Å². The van der Waals surface area contributed by atoms with E-state index in [-0.39, 0.29) is 12.3 Å². The number of benzene rings is 2. The Balaban J connectivity index is 1.35. The molecule has 1 aliphatic rings. The van der Waals surface area contributed by atoms with Gasteiger partial charge < -0.3 is 13.9 Å². The highest BCUT2D eigenvalue weighted by Gasteiger charge is 2.13. The molecule has 1 N–H and O–H groups in total. The molecule has 0 fully saturated rings. The molecule has 0 atom stereocenters. The van der Waals surface area contributed by atoms with E-state index in [1.165, 1.54) is 6.21 Å². The van der Waals surface area contributed by atoms with Gasteiger partial charge in [0.15, 0.2) is 11.5 Å². The molecule has 8 heteroatoms. The van der Waals surface area contributed by atoms with Crippen LogP contribution in [0.3, 0.4) is 0 Å². The first-order valence-electron chi connectivity index (χ1n) is 8.84. The molecular formula is C21H16Cl2N2O4. The van der Waals surface area contributed by atoms with E-state index in [4.69, 9.17) is 37.1 Å². The number of rotatable bonds is 5. The van der Waals surface area contributed by atoms with Gasteiger partial charge in [-0.3, -0.25) is 4.79 Å². The summed E-state index contributed by atoms with van der Waals surface area (Å²) in [6.07, 6.45) is 1.60. The molecule has 1 aliphatic heterocycles.